The lowest BCUT2D eigenvalue weighted by atomic mass is 10.0. The Bertz CT molecular complexity index is 1240. The van der Waals surface area contributed by atoms with Crippen LogP contribution in [0, 0.1) is 0 Å². The van der Waals surface area contributed by atoms with Crippen LogP contribution < -0.4 is 10.2 Å². The maximum Gasteiger partial charge on any atom is 0.242 e. The van der Waals surface area contributed by atoms with E-state index < -0.39 is 0 Å². The zero-order chi connectivity index (χ0) is 26.6. The van der Waals surface area contributed by atoms with Crippen LogP contribution in [0.15, 0.2) is 34.9 Å². The summed E-state index contributed by atoms with van der Waals surface area (Å²) in [5.41, 5.74) is 4.64. The Morgan fingerprint density at radius 3 is 2.61 bits per heavy atom. The number of hydrogen-bond donors (Lipinski definition) is 2. The lowest BCUT2D eigenvalue weighted by molar-refractivity contribution is -0.131. The third-order valence-electron chi connectivity index (χ3n) is 7.61. The summed E-state index contributed by atoms with van der Waals surface area (Å²) >= 11 is 3.69. The summed E-state index contributed by atoms with van der Waals surface area (Å²) in [4.78, 5) is 32.1. The van der Waals surface area contributed by atoms with Crippen molar-refractivity contribution < 1.29 is 9.53 Å². The van der Waals surface area contributed by atoms with E-state index in [1.165, 1.54) is 0 Å². The molecule has 0 bridgehead atoms. The molecule has 38 heavy (non-hydrogen) atoms. The number of nitrogens with zero attached hydrogens (tertiary/aromatic N) is 5. The van der Waals surface area contributed by atoms with Gasteiger partial charge in [0.15, 0.2) is 5.65 Å². The van der Waals surface area contributed by atoms with Crippen molar-refractivity contribution in [3.63, 3.8) is 0 Å². The van der Waals surface area contributed by atoms with Gasteiger partial charge in [-0.15, -0.1) is 0 Å². The zero-order valence-electron chi connectivity index (χ0n) is 22.5. The fourth-order valence-electron chi connectivity index (χ4n) is 5.28. The molecule has 2 saturated heterocycles. The van der Waals surface area contributed by atoms with Crippen LogP contribution in [0.25, 0.3) is 22.6 Å². The van der Waals surface area contributed by atoms with Gasteiger partial charge in [0.25, 0.3) is 0 Å². The Balaban J connectivity index is 1.27. The highest BCUT2D eigenvalue weighted by molar-refractivity contribution is 9.10. The topological polar surface area (TPSA) is 89.6 Å². The van der Waals surface area contributed by atoms with E-state index in [0.717, 1.165) is 70.9 Å². The number of hydrogen-bond acceptors (Lipinski definition) is 7. The predicted octanol–water partition coefficient (Wildman–Crippen LogP) is 4.36. The summed E-state index contributed by atoms with van der Waals surface area (Å²) in [5, 5.41) is 3.75. The number of H-pyrrole nitrogens is 1. The van der Waals surface area contributed by atoms with Gasteiger partial charge in [-0.05, 0) is 73.8 Å². The molecule has 10 heteroatoms. The molecule has 0 unspecified atom stereocenters. The molecule has 2 aliphatic heterocycles. The number of anilines is 2. The van der Waals surface area contributed by atoms with Crippen LogP contribution >= 0.6 is 15.9 Å². The van der Waals surface area contributed by atoms with Crippen molar-refractivity contribution in [3.05, 3.63) is 34.9 Å². The van der Waals surface area contributed by atoms with Crippen molar-refractivity contribution in [2.24, 2.45) is 0 Å². The fraction of sp³-hybridized carbons (Fsp3) is 0.536. The number of benzene rings is 1. The van der Waals surface area contributed by atoms with Crippen molar-refractivity contribution in [1.82, 2.24) is 24.8 Å². The van der Waals surface area contributed by atoms with Crippen LogP contribution in [0.5, 0.6) is 0 Å². The molecule has 0 radical (unpaired) electrons. The molecule has 4 heterocycles. The number of carbonyl (C=O) groups is 1. The van der Waals surface area contributed by atoms with E-state index in [4.69, 9.17) is 9.72 Å². The van der Waals surface area contributed by atoms with Gasteiger partial charge in [0.2, 0.25) is 5.91 Å². The first-order valence-electron chi connectivity index (χ1n) is 13.7. The highest BCUT2D eigenvalue weighted by Gasteiger charge is 2.25. The maximum atomic E-state index is 12.6. The minimum Gasteiger partial charge on any atom is -0.380 e. The van der Waals surface area contributed by atoms with Crippen molar-refractivity contribution in [2.75, 3.05) is 62.7 Å². The van der Waals surface area contributed by atoms with E-state index in [1.54, 1.807) is 0 Å². The number of nitrogens with one attached hydrogen (secondary N) is 2. The summed E-state index contributed by atoms with van der Waals surface area (Å²) in [6.45, 7) is 12.5. The number of amides is 1. The molecule has 2 aliphatic rings. The summed E-state index contributed by atoms with van der Waals surface area (Å²) in [6.07, 6.45) is 4.05. The number of carbonyl (C=O) groups excluding carboxylic acids is 1. The minimum atomic E-state index is 0.142. The second kappa shape index (κ2) is 12.0. The molecule has 204 valence electrons. The molecule has 0 aliphatic carbocycles. The largest absolute Gasteiger partial charge is 0.380 e. The fourth-order valence-corrected chi connectivity index (χ4v) is 5.69. The molecule has 2 fully saturated rings. The van der Waals surface area contributed by atoms with Gasteiger partial charge < -0.3 is 29.7 Å². The number of piperazine rings is 1. The number of fused-ring (bicyclic) bond motifs is 1. The zero-order valence-corrected chi connectivity index (χ0v) is 24.1. The number of piperidine rings is 1. The monoisotopic (exact) mass is 583 g/mol. The number of aromatic nitrogens is 3. The smallest absolute Gasteiger partial charge is 0.242 e. The van der Waals surface area contributed by atoms with Gasteiger partial charge in [0, 0.05) is 68.9 Å². The lowest BCUT2D eigenvalue weighted by Gasteiger charge is -2.35. The van der Waals surface area contributed by atoms with Gasteiger partial charge in [-0.1, -0.05) is 0 Å². The second-order valence-electron chi connectivity index (χ2n) is 10.4. The average molecular weight is 585 g/mol. The summed E-state index contributed by atoms with van der Waals surface area (Å²) in [5.74, 6) is 0.926. The Kier molecular flexibility index (Phi) is 8.50. The molecule has 3 aromatic rings. The Morgan fingerprint density at radius 2 is 1.92 bits per heavy atom. The third kappa shape index (κ3) is 5.97. The number of likely N-dealkylation sites (tertiary alicyclic amines) is 1. The Labute approximate surface area is 233 Å². The Hall–Kier alpha value is -2.69. The first kappa shape index (κ1) is 26.9. The van der Waals surface area contributed by atoms with Crippen LogP contribution in [0.4, 0.5) is 11.4 Å². The van der Waals surface area contributed by atoms with Crippen molar-refractivity contribution >= 4 is 44.4 Å². The van der Waals surface area contributed by atoms with E-state index >= 15 is 0 Å². The number of rotatable bonds is 9. The predicted molar refractivity (Wildman–Crippen MR) is 156 cm³/mol. The van der Waals surface area contributed by atoms with Crippen LogP contribution in [0.2, 0.25) is 0 Å². The van der Waals surface area contributed by atoms with Crippen LogP contribution in [0.1, 0.15) is 33.6 Å². The molecule has 2 aromatic heterocycles. The molecule has 1 amide bonds. The Morgan fingerprint density at radius 1 is 1.16 bits per heavy atom. The number of halogens is 1. The van der Waals surface area contributed by atoms with Gasteiger partial charge in [0.1, 0.15) is 11.3 Å². The van der Waals surface area contributed by atoms with Crippen LogP contribution in [-0.4, -0.2) is 95.2 Å². The number of imidazole rings is 1. The van der Waals surface area contributed by atoms with Crippen molar-refractivity contribution in [3.8, 4) is 11.4 Å². The van der Waals surface area contributed by atoms with Crippen LogP contribution in [-0.2, 0) is 9.53 Å². The quantitative estimate of drug-likeness (QED) is 0.362. The van der Waals surface area contributed by atoms with Gasteiger partial charge >= 0.3 is 0 Å². The summed E-state index contributed by atoms with van der Waals surface area (Å²) < 4.78 is 6.33. The van der Waals surface area contributed by atoms with Gasteiger partial charge in [0.05, 0.1) is 23.3 Å². The van der Waals surface area contributed by atoms with Crippen molar-refractivity contribution in [1.29, 1.82) is 0 Å². The molecule has 0 spiro atoms. The third-order valence-corrected chi connectivity index (χ3v) is 8.21. The highest BCUT2D eigenvalue weighted by Crippen LogP contribution is 2.33. The minimum absolute atomic E-state index is 0.142. The molecule has 9 nitrogen and oxygen atoms in total. The van der Waals surface area contributed by atoms with Gasteiger partial charge in [-0.25, -0.2) is 9.97 Å². The normalized spacial score (nSPS) is 17.7. The number of pyridine rings is 1. The molecular formula is C28H38BrN7O2. The number of ether oxygens (including phenoxy) is 1. The first-order valence-corrected chi connectivity index (χ1v) is 14.5. The lowest BCUT2D eigenvalue weighted by Crippen LogP contribution is -2.51. The molecule has 0 saturated carbocycles. The standard InChI is InChI=1S/C28H38BrN7O2/c1-4-38-16-15-35-13-14-36(18-24(35)37)22-7-5-20(6-8-22)27-32-26-25(23(29)17-30-28(26)33-27)31-21-9-11-34(12-10-21)19(2)3/h5-8,17,19,21H,4,9-16,18H2,1-3H3,(H2,30,31,32,33). The highest BCUT2D eigenvalue weighted by atomic mass is 79.9. The molecule has 2 N–H and O–H groups in total. The first-order chi connectivity index (χ1) is 18.4. The van der Waals surface area contributed by atoms with E-state index in [2.05, 4.69) is 79.1 Å². The number of aromatic amines is 1. The van der Waals surface area contributed by atoms with E-state index in [1.807, 2.05) is 18.0 Å². The van der Waals surface area contributed by atoms with Gasteiger partial charge in [-0.3, -0.25) is 4.79 Å². The van der Waals surface area contributed by atoms with E-state index in [9.17, 15) is 4.79 Å². The SMILES string of the molecule is CCOCCN1CCN(c2ccc(-c3nc4c(NC5CCN(C(C)C)CC5)c(Br)cnc4[nH]3)cc2)CC1=O. The average Bonchev–Trinajstić information content (AvgIpc) is 3.36. The van der Waals surface area contributed by atoms with E-state index in [0.29, 0.717) is 44.9 Å². The molecule has 1 aromatic carbocycles. The molecular weight excluding hydrogens is 546 g/mol. The maximum absolute atomic E-state index is 12.6. The van der Waals surface area contributed by atoms with Crippen molar-refractivity contribution in [2.45, 2.75) is 45.7 Å². The van der Waals surface area contributed by atoms with Gasteiger partial charge in [-0.2, -0.15) is 0 Å². The van der Waals surface area contributed by atoms with Crippen LogP contribution in [0.3, 0.4) is 0 Å². The molecule has 0 atom stereocenters. The summed E-state index contributed by atoms with van der Waals surface area (Å²) in [6, 6.07) is 9.25. The summed E-state index contributed by atoms with van der Waals surface area (Å²) in [7, 11) is 0. The molecule has 5 rings (SSSR count). The van der Waals surface area contributed by atoms with E-state index in [-0.39, 0.29) is 5.91 Å². The second-order valence-corrected chi connectivity index (χ2v) is 11.2.